The van der Waals surface area contributed by atoms with Gasteiger partial charge in [0.05, 0.1) is 14.9 Å². The molecule has 0 amide bonds. The van der Waals surface area contributed by atoms with Crippen LogP contribution < -0.4 is 0 Å². The fourth-order valence-corrected chi connectivity index (χ4v) is 4.17. The molecular formula is C14H20Cl2N2O2S. The molecule has 0 saturated carbocycles. The third kappa shape index (κ3) is 4.11. The Morgan fingerprint density at radius 1 is 1.10 bits per heavy atom. The molecular weight excluding hydrogens is 331 g/mol. The van der Waals surface area contributed by atoms with Gasteiger partial charge in [-0.1, -0.05) is 36.5 Å². The predicted molar refractivity (Wildman–Crippen MR) is 86.6 cm³/mol. The zero-order valence-corrected chi connectivity index (χ0v) is 14.4. The maximum Gasteiger partial charge on any atom is 0.243 e. The lowest BCUT2D eigenvalue weighted by Gasteiger charge is -2.33. The van der Waals surface area contributed by atoms with E-state index in [4.69, 9.17) is 23.2 Å². The van der Waals surface area contributed by atoms with E-state index in [0.717, 1.165) is 32.5 Å². The normalized spacial score (nSPS) is 18.0. The molecule has 1 heterocycles. The number of halogens is 2. The third-order valence-electron chi connectivity index (χ3n) is 3.69. The average Bonchev–Trinajstić information content (AvgIpc) is 2.48. The van der Waals surface area contributed by atoms with Gasteiger partial charge < -0.3 is 4.90 Å². The third-order valence-corrected chi connectivity index (χ3v) is 6.32. The van der Waals surface area contributed by atoms with E-state index in [1.165, 1.54) is 22.5 Å². The van der Waals surface area contributed by atoms with Crippen molar-refractivity contribution >= 4 is 33.2 Å². The highest BCUT2D eigenvalue weighted by molar-refractivity contribution is 7.89. The highest BCUT2D eigenvalue weighted by Gasteiger charge is 2.28. The second-order valence-electron chi connectivity index (χ2n) is 5.18. The number of benzene rings is 1. The number of hydrogen-bond donors (Lipinski definition) is 0. The van der Waals surface area contributed by atoms with Crippen molar-refractivity contribution in [2.45, 2.75) is 24.7 Å². The summed E-state index contributed by atoms with van der Waals surface area (Å²) in [5.41, 5.74) is 0. The first kappa shape index (κ1) is 17.0. The topological polar surface area (TPSA) is 40.6 Å². The SMILES string of the molecule is CCCCN1CCN(S(=O)(=O)c2ccc(Cl)c(Cl)c2)CC1. The Balaban J connectivity index is 2.06. The molecule has 0 aromatic heterocycles. The lowest BCUT2D eigenvalue weighted by molar-refractivity contribution is 0.186. The monoisotopic (exact) mass is 350 g/mol. The van der Waals surface area contributed by atoms with Crippen molar-refractivity contribution in [3.05, 3.63) is 28.2 Å². The highest BCUT2D eigenvalue weighted by Crippen LogP contribution is 2.27. The minimum atomic E-state index is -3.48. The summed E-state index contributed by atoms with van der Waals surface area (Å²) < 4.78 is 26.7. The smallest absolute Gasteiger partial charge is 0.243 e. The minimum absolute atomic E-state index is 0.207. The van der Waals surface area contributed by atoms with E-state index in [1.807, 2.05) is 0 Å². The number of rotatable bonds is 5. The molecule has 0 atom stereocenters. The lowest BCUT2D eigenvalue weighted by atomic mass is 10.3. The van der Waals surface area contributed by atoms with E-state index in [9.17, 15) is 8.42 Å². The van der Waals surface area contributed by atoms with E-state index in [-0.39, 0.29) is 9.92 Å². The first-order valence-corrected chi connectivity index (χ1v) is 9.32. The summed E-state index contributed by atoms with van der Waals surface area (Å²) in [6.07, 6.45) is 2.31. The van der Waals surface area contributed by atoms with Crippen LogP contribution in [0.3, 0.4) is 0 Å². The number of nitrogens with zero attached hydrogens (tertiary/aromatic N) is 2. The van der Waals surface area contributed by atoms with Crippen LogP contribution in [0.15, 0.2) is 23.1 Å². The summed E-state index contributed by atoms with van der Waals surface area (Å²) in [7, 11) is -3.48. The summed E-state index contributed by atoms with van der Waals surface area (Å²) in [5, 5.41) is 0.624. The summed E-state index contributed by atoms with van der Waals surface area (Å²) in [4.78, 5) is 2.52. The Hall–Kier alpha value is -0.330. The molecule has 7 heteroatoms. The van der Waals surface area contributed by atoms with E-state index < -0.39 is 10.0 Å². The highest BCUT2D eigenvalue weighted by atomic mass is 35.5. The zero-order valence-electron chi connectivity index (χ0n) is 12.1. The zero-order chi connectivity index (χ0) is 15.5. The van der Waals surface area contributed by atoms with Gasteiger partial charge in [-0.05, 0) is 31.2 Å². The molecule has 1 aromatic carbocycles. The molecule has 1 aromatic rings. The number of unbranched alkanes of at least 4 members (excludes halogenated alkanes) is 1. The standard InChI is InChI=1S/C14H20Cl2N2O2S/c1-2-3-6-17-7-9-18(10-8-17)21(19,20)12-4-5-13(15)14(16)11-12/h4-5,11H,2-3,6-10H2,1H3. The van der Waals surface area contributed by atoms with Gasteiger partial charge in [0.15, 0.2) is 0 Å². The van der Waals surface area contributed by atoms with Crippen LogP contribution in [0.5, 0.6) is 0 Å². The Kier molecular flexibility index (Phi) is 5.91. The molecule has 1 fully saturated rings. The van der Waals surface area contributed by atoms with Crippen LogP contribution in [0.1, 0.15) is 19.8 Å². The molecule has 1 aliphatic heterocycles. The van der Waals surface area contributed by atoms with Gasteiger partial charge in [0.25, 0.3) is 0 Å². The van der Waals surface area contributed by atoms with Gasteiger partial charge in [0.1, 0.15) is 0 Å². The van der Waals surface area contributed by atoms with E-state index in [0.29, 0.717) is 18.1 Å². The Bertz CT molecular complexity index is 585. The molecule has 0 radical (unpaired) electrons. The van der Waals surface area contributed by atoms with Crippen LogP contribution in [0.25, 0.3) is 0 Å². The van der Waals surface area contributed by atoms with Crippen molar-refractivity contribution in [3.63, 3.8) is 0 Å². The molecule has 118 valence electrons. The number of sulfonamides is 1. The van der Waals surface area contributed by atoms with E-state index in [2.05, 4.69) is 11.8 Å². The fourth-order valence-electron chi connectivity index (χ4n) is 2.36. The maximum atomic E-state index is 12.6. The van der Waals surface area contributed by atoms with Crippen LogP contribution in [0.2, 0.25) is 10.0 Å². The van der Waals surface area contributed by atoms with Gasteiger partial charge in [-0.25, -0.2) is 8.42 Å². The Labute approximate surface area is 136 Å². The second-order valence-corrected chi connectivity index (χ2v) is 7.93. The molecule has 0 unspecified atom stereocenters. The molecule has 0 spiro atoms. The first-order chi connectivity index (χ1) is 9.95. The molecule has 21 heavy (non-hydrogen) atoms. The molecule has 1 saturated heterocycles. The van der Waals surface area contributed by atoms with E-state index in [1.54, 1.807) is 0 Å². The minimum Gasteiger partial charge on any atom is -0.301 e. The van der Waals surface area contributed by atoms with Crippen LogP contribution in [-0.4, -0.2) is 50.3 Å². The first-order valence-electron chi connectivity index (χ1n) is 7.12. The Morgan fingerprint density at radius 2 is 1.76 bits per heavy atom. The maximum absolute atomic E-state index is 12.6. The molecule has 0 N–H and O–H groups in total. The van der Waals surface area contributed by atoms with Gasteiger partial charge in [-0.3, -0.25) is 0 Å². The van der Waals surface area contributed by atoms with E-state index >= 15 is 0 Å². The summed E-state index contributed by atoms with van der Waals surface area (Å²) >= 11 is 11.8. The van der Waals surface area contributed by atoms with Gasteiger partial charge in [0.2, 0.25) is 10.0 Å². The largest absolute Gasteiger partial charge is 0.301 e. The summed E-state index contributed by atoms with van der Waals surface area (Å²) in [6.45, 7) is 5.79. The van der Waals surface area contributed by atoms with Crippen LogP contribution in [0.4, 0.5) is 0 Å². The van der Waals surface area contributed by atoms with Gasteiger partial charge in [-0.2, -0.15) is 4.31 Å². The van der Waals surface area contributed by atoms with Crippen molar-refractivity contribution in [2.24, 2.45) is 0 Å². The van der Waals surface area contributed by atoms with Gasteiger partial charge in [0, 0.05) is 26.2 Å². The van der Waals surface area contributed by atoms with Crippen LogP contribution in [0, 0.1) is 0 Å². The second kappa shape index (κ2) is 7.29. The molecule has 1 aliphatic rings. The average molecular weight is 351 g/mol. The van der Waals surface area contributed by atoms with Crippen molar-refractivity contribution < 1.29 is 8.42 Å². The molecule has 4 nitrogen and oxygen atoms in total. The quantitative estimate of drug-likeness (QED) is 0.819. The van der Waals surface area contributed by atoms with Crippen molar-refractivity contribution in [1.29, 1.82) is 0 Å². The summed E-state index contributed by atoms with van der Waals surface area (Å²) in [6, 6.07) is 4.45. The molecule has 0 aliphatic carbocycles. The van der Waals surface area contributed by atoms with Crippen molar-refractivity contribution in [2.75, 3.05) is 32.7 Å². The predicted octanol–water partition coefficient (Wildman–Crippen LogP) is 3.10. The number of piperazine rings is 1. The fraction of sp³-hybridized carbons (Fsp3) is 0.571. The molecule has 2 rings (SSSR count). The van der Waals surface area contributed by atoms with Gasteiger partial charge >= 0.3 is 0 Å². The van der Waals surface area contributed by atoms with Crippen molar-refractivity contribution in [1.82, 2.24) is 9.21 Å². The van der Waals surface area contributed by atoms with Crippen LogP contribution in [-0.2, 0) is 10.0 Å². The molecule has 0 bridgehead atoms. The number of hydrogen-bond acceptors (Lipinski definition) is 3. The lowest BCUT2D eigenvalue weighted by Crippen LogP contribution is -2.48. The van der Waals surface area contributed by atoms with Crippen LogP contribution >= 0.6 is 23.2 Å². The summed E-state index contributed by atoms with van der Waals surface area (Å²) in [5.74, 6) is 0. The van der Waals surface area contributed by atoms with Gasteiger partial charge in [-0.15, -0.1) is 0 Å². The van der Waals surface area contributed by atoms with Crippen molar-refractivity contribution in [3.8, 4) is 0 Å². The Morgan fingerprint density at radius 3 is 2.33 bits per heavy atom.